The predicted molar refractivity (Wildman–Crippen MR) is 112 cm³/mol. The Morgan fingerprint density at radius 1 is 0.933 bits per heavy atom. The maximum absolute atomic E-state index is 13.2. The van der Waals surface area contributed by atoms with Crippen molar-refractivity contribution in [1.29, 1.82) is 0 Å². The van der Waals surface area contributed by atoms with Crippen LogP contribution in [0.25, 0.3) is 28.0 Å². The van der Waals surface area contributed by atoms with E-state index in [1.807, 2.05) is 16.5 Å². The van der Waals surface area contributed by atoms with E-state index < -0.39 is 17.6 Å². The summed E-state index contributed by atoms with van der Waals surface area (Å²) in [5.41, 5.74) is 7.68. The Labute approximate surface area is 175 Å². The number of thioether (sulfide) groups is 1. The highest BCUT2D eigenvalue weighted by molar-refractivity contribution is 7.99. The number of fused-ring (bicyclic) bond motifs is 1. The Morgan fingerprint density at radius 3 is 2.33 bits per heavy atom. The van der Waals surface area contributed by atoms with Gasteiger partial charge in [0.1, 0.15) is 11.5 Å². The summed E-state index contributed by atoms with van der Waals surface area (Å²) >= 11 is 1.67. The van der Waals surface area contributed by atoms with Gasteiger partial charge in [-0.05, 0) is 30.3 Å². The summed E-state index contributed by atoms with van der Waals surface area (Å²) in [6.45, 7) is 4.20. The number of nitrogens with two attached hydrogens (primary N) is 1. The average Bonchev–Trinajstić information content (AvgIpc) is 3.11. The molecule has 0 fully saturated rings. The van der Waals surface area contributed by atoms with Gasteiger partial charge in [0.2, 0.25) is 0 Å². The number of hydrogen-bond acceptors (Lipinski definition) is 5. The topological polar surface area (TPSA) is 69.1 Å². The number of hydrogen-bond donors (Lipinski definition) is 1. The molecule has 30 heavy (non-hydrogen) atoms. The van der Waals surface area contributed by atoms with Gasteiger partial charge in [-0.15, -0.1) is 11.8 Å². The standard InChI is InChI=1S/C21H18F3N5S/c1-12(2)30-19-6-4-13(8-27-19)17-10-26-18-5-3-14(11-29(17)18)15-7-16(21(22,23)24)20(25)28-9-15/h3-12H,1-2H3,(H2,25,28). The van der Waals surface area contributed by atoms with Crippen molar-refractivity contribution in [2.75, 3.05) is 5.73 Å². The third-order valence-corrected chi connectivity index (χ3v) is 5.41. The second-order valence-corrected chi connectivity index (χ2v) is 8.59. The average molecular weight is 429 g/mol. The van der Waals surface area contributed by atoms with Crippen molar-refractivity contribution in [3.05, 3.63) is 60.7 Å². The SMILES string of the molecule is CC(C)Sc1ccc(-c2cnc3ccc(-c4cnc(N)c(C(F)(F)F)c4)cn23)cn1. The molecule has 0 atom stereocenters. The van der Waals surface area contributed by atoms with Gasteiger partial charge in [-0.1, -0.05) is 13.8 Å². The zero-order chi connectivity index (χ0) is 21.5. The van der Waals surface area contributed by atoms with E-state index in [9.17, 15) is 13.2 Å². The van der Waals surface area contributed by atoms with Crippen LogP contribution in [0, 0.1) is 0 Å². The van der Waals surface area contributed by atoms with Gasteiger partial charge >= 0.3 is 6.18 Å². The number of alkyl halides is 3. The summed E-state index contributed by atoms with van der Waals surface area (Å²) in [7, 11) is 0. The third-order valence-electron chi connectivity index (χ3n) is 4.45. The van der Waals surface area contributed by atoms with Crippen molar-refractivity contribution in [1.82, 2.24) is 19.4 Å². The molecule has 0 aliphatic rings. The van der Waals surface area contributed by atoms with Crippen LogP contribution in [0.3, 0.4) is 0 Å². The molecule has 0 radical (unpaired) electrons. The van der Waals surface area contributed by atoms with Gasteiger partial charge < -0.3 is 5.73 Å². The van der Waals surface area contributed by atoms with E-state index in [1.54, 1.807) is 42.5 Å². The summed E-state index contributed by atoms with van der Waals surface area (Å²) in [6.07, 6.45) is 1.99. The quantitative estimate of drug-likeness (QED) is 0.430. The molecule has 154 valence electrons. The van der Waals surface area contributed by atoms with Crippen LogP contribution in [0.4, 0.5) is 19.0 Å². The fourth-order valence-electron chi connectivity index (χ4n) is 3.07. The lowest BCUT2D eigenvalue weighted by molar-refractivity contribution is -0.137. The van der Waals surface area contributed by atoms with Gasteiger partial charge in [-0.25, -0.2) is 15.0 Å². The molecule has 0 bridgehead atoms. The molecule has 4 rings (SSSR count). The molecule has 2 N–H and O–H groups in total. The molecule has 0 aromatic carbocycles. The van der Waals surface area contributed by atoms with Crippen LogP contribution in [-0.4, -0.2) is 24.6 Å². The predicted octanol–water partition coefficient (Wildman–Crippen LogP) is 5.56. The molecule has 0 unspecified atom stereocenters. The molecule has 5 nitrogen and oxygen atoms in total. The molecule has 0 saturated heterocycles. The van der Waals surface area contributed by atoms with Crippen LogP contribution in [0.5, 0.6) is 0 Å². The molecule has 4 aromatic rings. The summed E-state index contributed by atoms with van der Waals surface area (Å²) in [6, 6.07) is 8.38. The first kappa shape index (κ1) is 20.2. The van der Waals surface area contributed by atoms with Crippen LogP contribution < -0.4 is 5.73 Å². The fourth-order valence-corrected chi connectivity index (χ4v) is 3.81. The van der Waals surface area contributed by atoms with Crippen molar-refractivity contribution >= 4 is 23.2 Å². The van der Waals surface area contributed by atoms with Crippen LogP contribution in [0.1, 0.15) is 19.4 Å². The van der Waals surface area contributed by atoms with Crippen LogP contribution in [0.2, 0.25) is 0 Å². The first-order chi connectivity index (χ1) is 14.2. The molecule has 0 spiro atoms. The van der Waals surface area contributed by atoms with Crippen molar-refractivity contribution in [2.24, 2.45) is 0 Å². The molecular formula is C21H18F3N5S. The zero-order valence-corrected chi connectivity index (χ0v) is 17.0. The summed E-state index contributed by atoms with van der Waals surface area (Å²) in [5.74, 6) is -0.541. The molecular weight excluding hydrogens is 411 g/mol. The van der Waals surface area contributed by atoms with Gasteiger partial charge in [-0.2, -0.15) is 13.2 Å². The zero-order valence-electron chi connectivity index (χ0n) is 16.2. The number of halogens is 3. The van der Waals surface area contributed by atoms with Gasteiger partial charge in [0, 0.05) is 40.5 Å². The van der Waals surface area contributed by atoms with E-state index >= 15 is 0 Å². The summed E-state index contributed by atoms with van der Waals surface area (Å²) in [4.78, 5) is 12.6. The molecule has 0 saturated carbocycles. The highest BCUT2D eigenvalue weighted by Crippen LogP contribution is 2.35. The lowest BCUT2D eigenvalue weighted by Crippen LogP contribution is -2.10. The van der Waals surface area contributed by atoms with E-state index in [2.05, 4.69) is 28.8 Å². The van der Waals surface area contributed by atoms with E-state index in [0.29, 0.717) is 22.0 Å². The Kier molecular flexibility index (Phi) is 5.15. The van der Waals surface area contributed by atoms with Gasteiger partial charge in [0.15, 0.2) is 0 Å². The van der Waals surface area contributed by atoms with E-state index in [0.717, 1.165) is 22.3 Å². The van der Waals surface area contributed by atoms with Crippen molar-refractivity contribution in [3.8, 4) is 22.4 Å². The van der Waals surface area contributed by atoms with Gasteiger partial charge in [-0.3, -0.25) is 4.40 Å². The first-order valence-corrected chi connectivity index (χ1v) is 10.0. The molecule has 9 heteroatoms. The van der Waals surface area contributed by atoms with E-state index in [4.69, 9.17) is 5.73 Å². The number of rotatable bonds is 4. The minimum Gasteiger partial charge on any atom is -0.383 e. The maximum atomic E-state index is 13.2. The van der Waals surface area contributed by atoms with Crippen LogP contribution in [0.15, 0.2) is 60.1 Å². The molecule has 4 aromatic heterocycles. The number of imidazole rings is 1. The van der Waals surface area contributed by atoms with E-state index in [1.165, 1.54) is 6.20 Å². The van der Waals surface area contributed by atoms with Crippen molar-refractivity contribution in [2.45, 2.75) is 30.3 Å². The number of aromatic nitrogens is 4. The minimum atomic E-state index is -4.57. The number of nitrogens with zero attached hydrogens (tertiary/aromatic N) is 4. The molecule has 0 aliphatic carbocycles. The first-order valence-electron chi connectivity index (χ1n) is 9.15. The minimum absolute atomic E-state index is 0.319. The highest BCUT2D eigenvalue weighted by Gasteiger charge is 2.34. The molecule has 0 aliphatic heterocycles. The Morgan fingerprint density at radius 2 is 1.67 bits per heavy atom. The monoisotopic (exact) mass is 429 g/mol. The molecule has 0 amide bonds. The van der Waals surface area contributed by atoms with Crippen molar-refractivity contribution in [3.63, 3.8) is 0 Å². The normalized spacial score (nSPS) is 12.1. The second kappa shape index (κ2) is 7.64. The summed E-state index contributed by atoms with van der Waals surface area (Å²) in [5, 5.41) is 1.35. The van der Waals surface area contributed by atoms with Crippen LogP contribution >= 0.6 is 11.8 Å². The fraction of sp³-hybridized carbons (Fsp3) is 0.190. The van der Waals surface area contributed by atoms with Crippen LogP contribution in [-0.2, 0) is 6.18 Å². The smallest absolute Gasteiger partial charge is 0.383 e. The summed E-state index contributed by atoms with van der Waals surface area (Å²) < 4.78 is 41.4. The Balaban J connectivity index is 1.75. The largest absolute Gasteiger partial charge is 0.419 e. The maximum Gasteiger partial charge on any atom is 0.419 e. The highest BCUT2D eigenvalue weighted by atomic mass is 32.2. The number of nitrogen functional groups attached to an aromatic ring is 1. The Bertz CT molecular complexity index is 1200. The lowest BCUT2D eigenvalue weighted by Gasteiger charge is -2.11. The molecule has 4 heterocycles. The lowest BCUT2D eigenvalue weighted by atomic mass is 10.1. The number of anilines is 1. The van der Waals surface area contributed by atoms with Gasteiger partial charge in [0.05, 0.1) is 22.5 Å². The third kappa shape index (κ3) is 3.97. The second-order valence-electron chi connectivity index (χ2n) is 7.00. The number of pyridine rings is 3. The Hall–Kier alpha value is -3.07. The van der Waals surface area contributed by atoms with Gasteiger partial charge in [0.25, 0.3) is 0 Å². The van der Waals surface area contributed by atoms with Crippen molar-refractivity contribution < 1.29 is 13.2 Å². The van der Waals surface area contributed by atoms with E-state index in [-0.39, 0.29) is 0 Å².